The Labute approximate surface area is 77.6 Å². The van der Waals surface area contributed by atoms with Crippen LogP contribution in [0.25, 0.3) is 0 Å². The Bertz CT molecular complexity index is 154. The summed E-state index contributed by atoms with van der Waals surface area (Å²) in [7, 11) is -1.78. The number of amides is 2. The molecule has 2 amide bonds. The normalized spacial score (nSPS) is 11.5. The highest BCUT2D eigenvalue weighted by Crippen LogP contribution is 1.92. The van der Waals surface area contributed by atoms with E-state index in [1.54, 1.807) is 0 Å². The van der Waals surface area contributed by atoms with Gasteiger partial charge in [0.1, 0.15) is 8.24 Å². The molecule has 71 valence electrons. The minimum absolute atomic E-state index is 0.000340. The van der Waals surface area contributed by atoms with Crippen LogP contribution in [0.1, 0.15) is 0 Å². The average molecular weight is 203 g/mol. The molecule has 0 saturated carbocycles. The monoisotopic (exact) mass is 203 g/mol. The quantitative estimate of drug-likeness (QED) is 0.669. The van der Waals surface area contributed by atoms with E-state index in [0.717, 1.165) is 6.17 Å². The second-order valence-electron chi connectivity index (χ2n) is 4.26. The first kappa shape index (κ1) is 11.7. The predicted octanol–water partition coefficient (Wildman–Crippen LogP) is 1.41. The molecule has 0 heterocycles. The van der Waals surface area contributed by atoms with Crippen molar-refractivity contribution < 1.29 is 4.79 Å². The lowest BCUT2D eigenvalue weighted by atomic mass is 11.0. The summed E-state index contributed by atoms with van der Waals surface area (Å²) in [6.45, 7) is 10.7. The number of urea groups is 1. The molecule has 0 saturated heterocycles. The molecule has 12 heavy (non-hydrogen) atoms. The van der Waals surface area contributed by atoms with Gasteiger partial charge in [-0.2, -0.15) is 0 Å². The minimum Gasteiger partial charge on any atom is -0.365 e. The van der Waals surface area contributed by atoms with Crippen molar-refractivity contribution in [2.45, 2.75) is 32.7 Å². The van der Waals surface area contributed by atoms with Crippen LogP contribution < -0.4 is 10.3 Å². The lowest BCUT2D eigenvalue weighted by Gasteiger charge is -2.18. The topological polar surface area (TPSA) is 41.1 Å². The molecule has 0 aliphatic rings. The summed E-state index contributed by atoms with van der Waals surface area (Å²) in [5.41, 5.74) is 0. The van der Waals surface area contributed by atoms with Crippen molar-refractivity contribution >= 4 is 23.1 Å². The van der Waals surface area contributed by atoms with E-state index >= 15 is 0 Å². The van der Waals surface area contributed by atoms with Gasteiger partial charge < -0.3 is 10.3 Å². The molecule has 3 nitrogen and oxygen atoms in total. The van der Waals surface area contributed by atoms with Gasteiger partial charge in [-0.05, 0) is 0 Å². The lowest BCUT2D eigenvalue weighted by molar-refractivity contribution is 0.247. The van der Waals surface area contributed by atoms with Gasteiger partial charge >= 0.3 is 6.03 Å². The van der Waals surface area contributed by atoms with Crippen molar-refractivity contribution in [3.8, 4) is 0 Å². The maximum absolute atomic E-state index is 11.2. The Balaban J connectivity index is 3.61. The van der Waals surface area contributed by atoms with Crippen molar-refractivity contribution in [3.63, 3.8) is 0 Å². The number of hydrogen-bond donors (Lipinski definition) is 2. The number of carbonyl (C=O) groups excluding carboxylic acids is 1. The van der Waals surface area contributed by atoms with Crippen molar-refractivity contribution in [2.24, 2.45) is 0 Å². The Morgan fingerprint density at radius 1 is 1.33 bits per heavy atom. The summed E-state index contributed by atoms with van der Waals surface area (Å²) in [6, 6.07) is 0.000340. The van der Waals surface area contributed by atoms with E-state index in [1.807, 2.05) is 0 Å². The van der Waals surface area contributed by atoms with E-state index in [1.165, 1.54) is 0 Å². The van der Waals surface area contributed by atoms with E-state index in [9.17, 15) is 4.79 Å². The first-order chi connectivity index (χ1) is 5.31. The third kappa shape index (κ3) is 7.81. The van der Waals surface area contributed by atoms with Crippen LogP contribution in [0.5, 0.6) is 0 Å². The molecule has 0 rings (SSSR count). The van der Waals surface area contributed by atoms with Crippen LogP contribution in [0.3, 0.4) is 0 Å². The third-order valence-corrected chi connectivity index (χ3v) is 2.95. The van der Waals surface area contributed by atoms with Crippen LogP contribution >= 0.6 is 0 Å². The molecule has 0 aromatic rings. The largest absolute Gasteiger partial charge is 0.365 e. The molecule has 2 N–H and O–H groups in total. The van der Waals surface area contributed by atoms with Gasteiger partial charge in [-0.1, -0.05) is 32.7 Å². The smallest absolute Gasteiger partial charge is 0.306 e. The van der Waals surface area contributed by atoms with Gasteiger partial charge in [-0.15, -0.1) is 0 Å². The van der Waals surface area contributed by atoms with Crippen LogP contribution in [0, 0.1) is 0 Å². The number of carbonyl (C=O) groups is 1. The van der Waals surface area contributed by atoms with E-state index in [0.29, 0.717) is 0 Å². The van der Waals surface area contributed by atoms with Crippen molar-refractivity contribution in [3.05, 3.63) is 0 Å². The fourth-order valence-corrected chi connectivity index (χ4v) is 1.93. The number of hydrogen-bond acceptors (Lipinski definition) is 1. The molecule has 0 unspecified atom stereocenters. The highest BCUT2D eigenvalue weighted by molar-refractivity contribution is 6.75. The van der Waals surface area contributed by atoms with Gasteiger partial charge in [0.25, 0.3) is 0 Å². The fraction of sp³-hybridized carbons (Fsp3) is 0.857. The standard InChI is InChI=1S/C7H19N2OSi2/c1-11(2)6-8-7(10)9-12(3,4)5/h6H2,1-5H3,(H2,8,9,10). The summed E-state index contributed by atoms with van der Waals surface area (Å²) in [5, 5.41) is 2.87. The molecule has 0 aromatic carbocycles. The minimum atomic E-state index is -1.44. The summed E-state index contributed by atoms with van der Waals surface area (Å²) in [4.78, 5) is 14.2. The Morgan fingerprint density at radius 2 is 1.83 bits per heavy atom. The first-order valence-corrected chi connectivity index (χ1v) is 10.4. The second-order valence-corrected chi connectivity index (χ2v) is 11.8. The summed E-state index contributed by atoms with van der Waals surface area (Å²) < 4.78 is 0. The van der Waals surface area contributed by atoms with Crippen molar-refractivity contribution in [1.82, 2.24) is 10.3 Å². The molecule has 0 spiro atoms. The molecule has 0 aromatic heterocycles. The maximum Gasteiger partial charge on any atom is 0.306 e. The van der Waals surface area contributed by atoms with Crippen LogP contribution in [-0.2, 0) is 0 Å². The summed E-state index contributed by atoms with van der Waals surface area (Å²) in [6.07, 6.45) is 0.848. The van der Waals surface area contributed by atoms with Crippen molar-refractivity contribution in [1.29, 1.82) is 0 Å². The molecule has 0 aliphatic heterocycles. The van der Waals surface area contributed by atoms with E-state index in [2.05, 4.69) is 43.0 Å². The SMILES string of the molecule is C[Si](C)CNC(=O)N[Si](C)(C)C. The molecule has 1 radical (unpaired) electrons. The average Bonchev–Trinajstić information content (AvgIpc) is 1.79. The Hall–Kier alpha value is -0.296. The van der Waals surface area contributed by atoms with E-state index < -0.39 is 8.24 Å². The Kier molecular flexibility index (Phi) is 4.55. The van der Waals surface area contributed by atoms with Crippen LogP contribution in [0.4, 0.5) is 4.79 Å². The van der Waals surface area contributed by atoms with Crippen LogP contribution in [-0.4, -0.2) is 29.2 Å². The number of rotatable bonds is 3. The van der Waals surface area contributed by atoms with E-state index in [-0.39, 0.29) is 14.8 Å². The van der Waals surface area contributed by atoms with Crippen LogP contribution in [0.2, 0.25) is 32.7 Å². The molecule has 0 atom stereocenters. The highest BCUT2D eigenvalue weighted by atomic mass is 28.3. The Morgan fingerprint density at radius 3 is 2.17 bits per heavy atom. The molecule has 5 heteroatoms. The van der Waals surface area contributed by atoms with E-state index in [4.69, 9.17) is 0 Å². The zero-order valence-corrected chi connectivity index (χ0v) is 10.6. The maximum atomic E-state index is 11.2. The molecule has 0 bridgehead atoms. The van der Waals surface area contributed by atoms with Gasteiger partial charge in [0.2, 0.25) is 0 Å². The summed E-state index contributed by atoms with van der Waals surface area (Å²) in [5.74, 6) is 0. The first-order valence-electron chi connectivity index (χ1n) is 4.16. The zero-order valence-electron chi connectivity index (χ0n) is 8.62. The van der Waals surface area contributed by atoms with Gasteiger partial charge in [0.15, 0.2) is 0 Å². The lowest BCUT2D eigenvalue weighted by Crippen LogP contribution is -2.51. The van der Waals surface area contributed by atoms with Crippen LogP contribution in [0.15, 0.2) is 0 Å². The zero-order chi connectivity index (χ0) is 9.78. The van der Waals surface area contributed by atoms with Gasteiger partial charge in [0.05, 0.1) is 8.80 Å². The molecular weight excluding hydrogens is 184 g/mol. The predicted molar refractivity (Wildman–Crippen MR) is 57.4 cm³/mol. The van der Waals surface area contributed by atoms with Crippen molar-refractivity contribution in [2.75, 3.05) is 6.17 Å². The van der Waals surface area contributed by atoms with Gasteiger partial charge in [-0.25, -0.2) is 4.79 Å². The number of nitrogens with one attached hydrogen (secondary N) is 2. The highest BCUT2D eigenvalue weighted by Gasteiger charge is 2.16. The van der Waals surface area contributed by atoms with Gasteiger partial charge in [-0.3, -0.25) is 0 Å². The van der Waals surface area contributed by atoms with Gasteiger partial charge in [0, 0.05) is 6.17 Å². The molecular formula is C7H19N2OSi2. The molecule has 0 aliphatic carbocycles. The second kappa shape index (κ2) is 4.66. The fourth-order valence-electron chi connectivity index (χ4n) is 0.642. The third-order valence-electron chi connectivity index (χ3n) is 1.09. The summed E-state index contributed by atoms with van der Waals surface area (Å²) >= 11 is 0. The molecule has 0 fully saturated rings.